The first kappa shape index (κ1) is 14.3. The Kier molecular flexibility index (Phi) is 4.05. The van der Waals surface area contributed by atoms with Gasteiger partial charge in [0.15, 0.2) is 0 Å². The van der Waals surface area contributed by atoms with Crippen LogP contribution in [0.4, 0.5) is 5.95 Å². The third-order valence-electron chi connectivity index (χ3n) is 4.51. The summed E-state index contributed by atoms with van der Waals surface area (Å²) in [6, 6.07) is 1.78. The van der Waals surface area contributed by atoms with Crippen molar-refractivity contribution in [3.05, 3.63) is 18.5 Å². The summed E-state index contributed by atoms with van der Waals surface area (Å²) in [5.41, 5.74) is -0.511. The zero-order valence-corrected chi connectivity index (χ0v) is 12.2. The zero-order chi connectivity index (χ0) is 14.7. The molecular formula is C15H22N4O2. The van der Waals surface area contributed by atoms with Crippen LogP contribution < -0.4 is 10.2 Å². The van der Waals surface area contributed by atoms with Crippen molar-refractivity contribution in [2.75, 3.05) is 31.1 Å². The van der Waals surface area contributed by atoms with Crippen molar-refractivity contribution < 1.29 is 9.90 Å². The second-order valence-electron chi connectivity index (χ2n) is 6.13. The molecule has 6 heteroatoms. The topological polar surface area (TPSA) is 78.4 Å². The molecule has 2 aliphatic rings. The van der Waals surface area contributed by atoms with Gasteiger partial charge in [-0.15, -0.1) is 0 Å². The molecule has 0 aromatic carbocycles. The number of aliphatic hydroxyl groups excluding tert-OH is 1. The van der Waals surface area contributed by atoms with Crippen molar-refractivity contribution in [1.29, 1.82) is 0 Å². The fourth-order valence-corrected chi connectivity index (χ4v) is 2.96. The fraction of sp³-hybridized carbons (Fsp3) is 0.667. The Labute approximate surface area is 124 Å². The van der Waals surface area contributed by atoms with Crippen molar-refractivity contribution in [2.45, 2.75) is 25.7 Å². The predicted molar refractivity (Wildman–Crippen MR) is 78.7 cm³/mol. The van der Waals surface area contributed by atoms with E-state index >= 15 is 0 Å². The highest BCUT2D eigenvalue weighted by Gasteiger charge is 2.45. The van der Waals surface area contributed by atoms with Gasteiger partial charge in [0.25, 0.3) is 0 Å². The first-order chi connectivity index (χ1) is 10.2. The summed E-state index contributed by atoms with van der Waals surface area (Å²) in [5, 5.41) is 12.4. The summed E-state index contributed by atoms with van der Waals surface area (Å²) in [6.45, 7) is 2.13. The molecule has 1 aromatic rings. The number of rotatable bonds is 6. The van der Waals surface area contributed by atoms with Gasteiger partial charge in [-0.05, 0) is 37.7 Å². The second kappa shape index (κ2) is 5.97. The minimum absolute atomic E-state index is 0.0281. The van der Waals surface area contributed by atoms with Crippen LogP contribution in [0.5, 0.6) is 0 Å². The molecule has 114 valence electrons. The van der Waals surface area contributed by atoms with Crippen LogP contribution in [0.1, 0.15) is 25.7 Å². The molecule has 1 saturated carbocycles. The summed E-state index contributed by atoms with van der Waals surface area (Å²) in [5.74, 6) is 1.39. The van der Waals surface area contributed by atoms with E-state index in [1.807, 2.05) is 4.90 Å². The molecule has 2 N–H and O–H groups in total. The van der Waals surface area contributed by atoms with Crippen LogP contribution in [0, 0.1) is 11.3 Å². The zero-order valence-electron chi connectivity index (χ0n) is 12.2. The minimum atomic E-state index is -0.511. The number of nitrogens with one attached hydrogen (secondary N) is 1. The Hall–Kier alpha value is -1.69. The number of hydrogen-bond donors (Lipinski definition) is 2. The molecule has 6 nitrogen and oxygen atoms in total. The average Bonchev–Trinajstić information content (AvgIpc) is 3.25. The van der Waals surface area contributed by atoms with E-state index in [4.69, 9.17) is 0 Å². The highest BCUT2D eigenvalue weighted by Crippen LogP contribution is 2.36. The summed E-state index contributed by atoms with van der Waals surface area (Å²) in [4.78, 5) is 23.1. The molecule has 0 radical (unpaired) electrons. The lowest BCUT2D eigenvalue weighted by Gasteiger charge is -2.27. The Balaban J connectivity index is 1.68. The van der Waals surface area contributed by atoms with E-state index in [1.54, 1.807) is 18.5 Å². The van der Waals surface area contributed by atoms with E-state index in [1.165, 1.54) is 12.8 Å². The maximum Gasteiger partial charge on any atom is 0.228 e. The van der Waals surface area contributed by atoms with Crippen LogP contribution in [0.25, 0.3) is 0 Å². The molecule has 0 spiro atoms. The van der Waals surface area contributed by atoms with Gasteiger partial charge in [-0.2, -0.15) is 0 Å². The summed E-state index contributed by atoms with van der Waals surface area (Å²) in [7, 11) is 0. The normalized spacial score (nSPS) is 25.1. The van der Waals surface area contributed by atoms with E-state index in [9.17, 15) is 9.90 Å². The smallest absolute Gasteiger partial charge is 0.228 e. The van der Waals surface area contributed by atoms with Crippen LogP contribution in [0.2, 0.25) is 0 Å². The number of aliphatic hydroxyl groups is 1. The molecule has 1 aliphatic heterocycles. The lowest BCUT2D eigenvalue weighted by atomic mass is 9.82. The summed E-state index contributed by atoms with van der Waals surface area (Å²) >= 11 is 0. The molecular weight excluding hydrogens is 268 g/mol. The van der Waals surface area contributed by atoms with Gasteiger partial charge < -0.3 is 15.3 Å². The molecule has 2 heterocycles. The first-order valence-corrected chi connectivity index (χ1v) is 7.65. The maximum absolute atomic E-state index is 12.6. The third kappa shape index (κ3) is 3.15. The SMILES string of the molecule is O=C(NCC1CC1)C1(CCO)CCN(c2ncccn2)C1. The molecule has 1 aliphatic carbocycles. The van der Waals surface area contributed by atoms with Gasteiger partial charge in [-0.3, -0.25) is 4.79 Å². The molecule has 1 saturated heterocycles. The van der Waals surface area contributed by atoms with Crippen LogP contribution in [-0.2, 0) is 4.79 Å². The Morgan fingerprint density at radius 1 is 1.43 bits per heavy atom. The van der Waals surface area contributed by atoms with Gasteiger partial charge in [-0.25, -0.2) is 9.97 Å². The predicted octanol–water partition coefficient (Wildman–Crippen LogP) is 0.582. The van der Waals surface area contributed by atoms with Gasteiger partial charge in [0, 0.05) is 38.6 Å². The standard InChI is InChI=1S/C15H22N4O2/c20-9-5-15(13(21)18-10-12-2-3-12)4-8-19(11-15)14-16-6-1-7-17-14/h1,6-7,12,20H,2-5,8-11H2,(H,18,21). The lowest BCUT2D eigenvalue weighted by Crippen LogP contribution is -2.44. The van der Waals surface area contributed by atoms with E-state index in [0.717, 1.165) is 19.5 Å². The molecule has 3 rings (SSSR count). The molecule has 1 aromatic heterocycles. The van der Waals surface area contributed by atoms with Crippen molar-refractivity contribution in [3.63, 3.8) is 0 Å². The first-order valence-electron chi connectivity index (χ1n) is 7.65. The van der Waals surface area contributed by atoms with Crippen LogP contribution in [0.3, 0.4) is 0 Å². The number of aromatic nitrogens is 2. The van der Waals surface area contributed by atoms with Gasteiger partial charge in [0.05, 0.1) is 5.41 Å². The number of hydrogen-bond acceptors (Lipinski definition) is 5. The van der Waals surface area contributed by atoms with Crippen molar-refractivity contribution >= 4 is 11.9 Å². The van der Waals surface area contributed by atoms with E-state index in [0.29, 0.717) is 24.8 Å². The van der Waals surface area contributed by atoms with Gasteiger partial charge in [0.1, 0.15) is 0 Å². The Morgan fingerprint density at radius 3 is 2.86 bits per heavy atom. The fourth-order valence-electron chi connectivity index (χ4n) is 2.96. The van der Waals surface area contributed by atoms with Crippen LogP contribution >= 0.6 is 0 Å². The van der Waals surface area contributed by atoms with Crippen molar-refractivity contribution in [3.8, 4) is 0 Å². The highest BCUT2D eigenvalue weighted by atomic mass is 16.3. The van der Waals surface area contributed by atoms with Crippen LogP contribution in [0.15, 0.2) is 18.5 Å². The number of anilines is 1. The molecule has 0 bridgehead atoms. The van der Waals surface area contributed by atoms with Gasteiger partial charge in [-0.1, -0.05) is 0 Å². The number of carbonyl (C=O) groups is 1. The monoisotopic (exact) mass is 290 g/mol. The summed E-state index contributed by atoms with van der Waals surface area (Å²) < 4.78 is 0. The summed E-state index contributed by atoms with van der Waals surface area (Å²) in [6.07, 6.45) is 7.09. The quantitative estimate of drug-likeness (QED) is 0.801. The number of carbonyl (C=O) groups excluding carboxylic acids is 1. The highest BCUT2D eigenvalue weighted by molar-refractivity contribution is 5.84. The molecule has 2 fully saturated rings. The van der Waals surface area contributed by atoms with E-state index in [-0.39, 0.29) is 12.5 Å². The minimum Gasteiger partial charge on any atom is -0.396 e. The molecule has 1 atom stereocenters. The van der Waals surface area contributed by atoms with Gasteiger partial charge in [0.2, 0.25) is 11.9 Å². The Morgan fingerprint density at radius 2 is 2.19 bits per heavy atom. The largest absolute Gasteiger partial charge is 0.396 e. The van der Waals surface area contributed by atoms with E-state index in [2.05, 4.69) is 15.3 Å². The van der Waals surface area contributed by atoms with Crippen molar-refractivity contribution in [1.82, 2.24) is 15.3 Å². The molecule has 1 unspecified atom stereocenters. The number of amides is 1. The Bertz CT molecular complexity index is 492. The van der Waals surface area contributed by atoms with Crippen LogP contribution in [-0.4, -0.2) is 47.2 Å². The average molecular weight is 290 g/mol. The third-order valence-corrected chi connectivity index (χ3v) is 4.51. The van der Waals surface area contributed by atoms with Crippen molar-refractivity contribution in [2.24, 2.45) is 11.3 Å². The second-order valence-corrected chi connectivity index (χ2v) is 6.13. The van der Waals surface area contributed by atoms with E-state index < -0.39 is 5.41 Å². The lowest BCUT2D eigenvalue weighted by molar-refractivity contribution is -0.130. The molecule has 21 heavy (non-hydrogen) atoms. The van der Waals surface area contributed by atoms with Gasteiger partial charge >= 0.3 is 0 Å². The molecule has 1 amide bonds. The number of nitrogens with zero attached hydrogens (tertiary/aromatic N) is 3. The maximum atomic E-state index is 12.6.